The van der Waals surface area contributed by atoms with Crippen molar-refractivity contribution in [2.45, 2.75) is 25.7 Å². The van der Waals surface area contributed by atoms with Crippen LogP contribution in [0, 0.1) is 10.1 Å². The highest BCUT2D eigenvalue weighted by atomic mass is 16.6. The van der Waals surface area contributed by atoms with Gasteiger partial charge in [0.25, 0.3) is 5.69 Å². The lowest BCUT2D eigenvalue weighted by Crippen LogP contribution is -2.47. The fourth-order valence-electron chi connectivity index (χ4n) is 2.40. The molecule has 0 saturated carbocycles. The van der Waals surface area contributed by atoms with Crippen LogP contribution in [0.15, 0.2) is 24.3 Å². The number of nitro benzene ring substituents is 1. The predicted octanol–water partition coefficient (Wildman–Crippen LogP) is 1.18. The molecule has 0 spiro atoms. The number of hydrogen-bond donors (Lipinski definition) is 1. The number of hydrogen-bond acceptors (Lipinski definition) is 5. The third-order valence-electron chi connectivity index (χ3n) is 3.13. The van der Waals surface area contributed by atoms with Crippen molar-refractivity contribution >= 4 is 5.69 Å². The van der Waals surface area contributed by atoms with Crippen LogP contribution in [0.3, 0.4) is 0 Å². The van der Waals surface area contributed by atoms with Crippen molar-refractivity contribution < 1.29 is 14.8 Å². The van der Waals surface area contributed by atoms with Gasteiger partial charge in [-0.15, -0.1) is 0 Å². The van der Waals surface area contributed by atoms with Gasteiger partial charge in [0.2, 0.25) is 0 Å². The van der Waals surface area contributed by atoms with Crippen LogP contribution >= 0.6 is 0 Å². The highest BCUT2D eigenvalue weighted by molar-refractivity contribution is 5.34. The monoisotopic (exact) mass is 266 g/mol. The molecule has 0 amide bonds. The van der Waals surface area contributed by atoms with Crippen LogP contribution in [-0.4, -0.2) is 46.8 Å². The molecule has 1 aromatic rings. The van der Waals surface area contributed by atoms with Crippen molar-refractivity contribution in [1.82, 2.24) is 4.90 Å². The zero-order valence-electron chi connectivity index (χ0n) is 10.9. The zero-order chi connectivity index (χ0) is 13.8. The molecule has 1 N–H and O–H groups in total. The molecule has 1 heterocycles. The summed E-state index contributed by atoms with van der Waals surface area (Å²) >= 11 is 0. The Balaban J connectivity index is 2.03. The van der Waals surface area contributed by atoms with Gasteiger partial charge in [0.1, 0.15) is 0 Å². The minimum absolute atomic E-state index is 0.00419. The Morgan fingerprint density at radius 3 is 3.00 bits per heavy atom. The number of benzene rings is 1. The summed E-state index contributed by atoms with van der Waals surface area (Å²) in [6, 6.07) is 6.65. The summed E-state index contributed by atoms with van der Waals surface area (Å²) in [5.74, 6) is 0. The summed E-state index contributed by atoms with van der Waals surface area (Å²) in [5.41, 5.74) is 1.01. The first-order valence-corrected chi connectivity index (χ1v) is 6.30. The molecule has 2 unspecified atom stereocenters. The van der Waals surface area contributed by atoms with E-state index < -0.39 is 0 Å². The van der Waals surface area contributed by atoms with E-state index in [1.54, 1.807) is 12.1 Å². The second kappa shape index (κ2) is 6.10. The molecule has 2 rings (SSSR count). The van der Waals surface area contributed by atoms with E-state index in [1.807, 2.05) is 13.0 Å². The van der Waals surface area contributed by atoms with Gasteiger partial charge in [0.05, 0.1) is 23.7 Å². The molecule has 1 saturated heterocycles. The summed E-state index contributed by atoms with van der Waals surface area (Å²) in [6.45, 7) is 3.99. The average Bonchev–Trinajstić information content (AvgIpc) is 2.38. The van der Waals surface area contributed by atoms with Gasteiger partial charge < -0.3 is 9.84 Å². The standard InChI is InChI=1S/C13H18N2O4/c1-10-6-14(8-13(9-16)19-10)7-11-3-2-4-12(5-11)15(17)18/h2-5,10,13,16H,6-9H2,1H3. The molecule has 1 aromatic carbocycles. The summed E-state index contributed by atoms with van der Waals surface area (Å²) < 4.78 is 5.57. The Bertz CT molecular complexity index is 452. The Morgan fingerprint density at radius 1 is 1.53 bits per heavy atom. The second-order valence-electron chi connectivity index (χ2n) is 4.87. The smallest absolute Gasteiger partial charge is 0.269 e. The average molecular weight is 266 g/mol. The molecule has 2 atom stereocenters. The highest BCUT2D eigenvalue weighted by Gasteiger charge is 2.24. The number of aliphatic hydroxyl groups excluding tert-OH is 1. The zero-order valence-corrected chi connectivity index (χ0v) is 10.9. The maximum absolute atomic E-state index is 10.7. The van der Waals surface area contributed by atoms with Crippen LogP contribution in [-0.2, 0) is 11.3 Å². The van der Waals surface area contributed by atoms with Crippen molar-refractivity contribution in [2.24, 2.45) is 0 Å². The molecule has 19 heavy (non-hydrogen) atoms. The molecule has 104 valence electrons. The number of non-ortho nitro benzene ring substituents is 1. The van der Waals surface area contributed by atoms with Crippen molar-refractivity contribution in [3.8, 4) is 0 Å². The number of morpholine rings is 1. The van der Waals surface area contributed by atoms with Crippen LogP contribution < -0.4 is 0 Å². The third kappa shape index (κ3) is 3.73. The van der Waals surface area contributed by atoms with E-state index in [-0.39, 0.29) is 29.4 Å². The summed E-state index contributed by atoms with van der Waals surface area (Å²) in [4.78, 5) is 12.5. The number of nitrogens with zero attached hydrogens (tertiary/aromatic N) is 2. The van der Waals surface area contributed by atoms with Gasteiger partial charge in [0.15, 0.2) is 0 Å². The minimum atomic E-state index is -0.387. The van der Waals surface area contributed by atoms with Crippen LogP contribution in [0.4, 0.5) is 5.69 Å². The van der Waals surface area contributed by atoms with Gasteiger partial charge in [-0.1, -0.05) is 12.1 Å². The molecule has 0 radical (unpaired) electrons. The van der Waals surface area contributed by atoms with Gasteiger partial charge >= 0.3 is 0 Å². The van der Waals surface area contributed by atoms with Crippen molar-refractivity contribution in [3.05, 3.63) is 39.9 Å². The number of rotatable bonds is 4. The molecule has 1 fully saturated rings. The molecule has 6 heteroatoms. The fraction of sp³-hybridized carbons (Fsp3) is 0.538. The topological polar surface area (TPSA) is 75.8 Å². The molecule has 0 aliphatic carbocycles. The van der Waals surface area contributed by atoms with E-state index >= 15 is 0 Å². The number of aliphatic hydroxyl groups is 1. The van der Waals surface area contributed by atoms with E-state index in [2.05, 4.69) is 4.90 Å². The van der Waals surface area contributed by atoms with E-state index in [4.69, 9.17) is 9.84 Å². The van der Waals surface area contributed by atoms with Gasteiger partial charge in [0, 0.05) is 31.8 Å². The van der Waals surface area contributed by atoms with Gasteiger partial charge in [-0.2, -0.15) is 0 Å². The Morgan fingerprint density at radius 2 is 2.32 bits per heavy atom. The summed E-state index contributed by atoms with van der Waals surface area (Å²) in [7, 11) is 0. The SMILES string of the molecule is CC1CN(Cc2cccc([N+](=O)[O-])c2)CC(CO)O1. The minimum Gasteiger partial charge on any atom is -0.394 e. The fourth-order valence-corrected chi connectivity index (χ4v) is 2.40. The lowest BCUT2D eigenvalue weighted by atomic mass is 10.1. The molecule has 1 aliphatic rings. The maximum atomic E-state index is 10.7. The first-order chi connectivity index (χ1) is 9.08. The van der Waals surface area contributed by atoms with E-state index in [9.17, 15) is 10.1 Å². The highest BCUT2D eigenvalue weighted by Crippen LogP contribution is 2.17. The van der Waals surface area contributed by atoms with Crippen LogP contribution in [0.25, 0.3) is 0 Å². The summed E-state index contributed by atoms with van der Waals surface area (Å²) in [5, 5.41) is 19.9. The first kappa shape index (κ1) is 13.9. The van der Waals surface area contributed by atoms with Crippen LogP contribution in [0.5, 0.6) is 0 Å². The van der Waals surface area contributed by atoms with Crippen molar-refractivity contribution in [3.63, 3.8) is 0 Å². The molecule has 0 bridgehead atoms. The Labute approximate surface area is 111 Å². The molecular weight excluding hydrogens is 248 g/mol. The molecule has 6 nitrogen and oxygen atoms in total. The maximum Gasteiger partial charge on any atom is 0.269 e. The second-order valence-corrected chi connectivity index (χ2v) is 4.87. The van der Waals surface area contributed by atoms with Crippen LogP contribution in [0.2, 0.25) is 0 Å². The number of ether oxygens (including phenoxy) is 1. The third-order valence-corrected chi connectivity index (χ3v) is 3.13. The molecular formula is C13H18N2O4. The lowest BCUT2D eigenvalue weighted by Gasteiger charge is -2.36. The van der Waals surface area contributed by atoms with Gasteiger partial charge in [-0.3, -0.25) is 15.0 Å². The number of nitro groups is 1. The predicted molar refractivity (Wildman–Crippen MR) is 69.8 cm³/mol. The first-order valence-electron chi connectivity index (χ1n) is 6.30. The Hall–Kier alpha value is -1.50. The van der Waals surface area contributed by atoms with E-state index in [1.165, 1.54) is 6.07 Å². The van der Waals surface area contributed by atoms with Crippen LogP contribution in [0.1, 0.15) is 12.5 Å². The van der Waals surface area contributed by atoms with Crippen molar-refractivity contribution in [1.29, 1.82) is 0 Å². The molecule has 0 aromatic heterocycles. The largest absolute Gasteiger partial charge is 0.394 e. The lowest BCUT2D eigenvalue weighted by molar-refractivity contribution is -0.384. The normalized spacial score (nSPS) is 24.3. The van der Waals surface area contributed by atoms with E-state index in [0.717, 1.165) is 12.1 Å². The molecule has 1 aliphatic heterocycles. The summed E-state index contributed by atoms with van der Waals surface area (Å²) in [6.07, 6.45) is -0.118. The quantitative estimate of drug-likeness (QED) is 0.654. The van der Waals surface area contributed by atoms with Gasteiger partial charge in [-0.05, 0) is 12.5 Å². The van der Waals surface area contributed by atoms with Crippen molar-refractivity contribution in [2.75, 3.05) is 19.7 Å². The van der Waals surface area contributed by atoms with E-state index in [0.29, 0.717) is 13.1 Å². The van der Waals surface area contributed by atoms with Gasteiger partial charge in [-0.25, -0.2) is 0 Å². The Kier molecular flexibility index (Phi) is 4.47.